The third-order valence-electron chi connectivity index (χ3n) is 6.95. The van der Waals surface area contributed by atoms with Crippen LogP contribution >= 0.6 is 0 Å². The van der Waals surface area contributed by atoms with Gasteiger partial charge in [0.05, 0.1) is 12.2 Å². The summed E-state index contributed by atoms with van der Waals surface area (Å²) in [6.07, 6.45) is -2.52. The number of epoxide rings is 2. The van der Waals surface area contributed by atoms with E-state index in [-0.39, 0.29) is 12.2 Å². The topological polar surface area (TPSA) is 117 Å². The van der Waals surface area contributed by atoms with Gasteiger partial charge in [-0.25, -0.2) is 14.4 Å². The van der Waals surface area contributed by atoms with Crippen LogP contribution in [0.5, 0.6) is 5.75 Å². The van der Waals surface area contributed by atoms with Crippen LogP contribution in [0.15, 0.2) is 33.5 Å². The average molecular weight is 458 g/mol. The fraction of sp³-hybridized carbons (Fsp3) is 0.542. The molecule has 1 aromatic heterocycles. The third-order valence-corrected chi connectivity index (χ3v) is 6.95. The number of carbonyl (C=O) groups excluding carboxylic acids is 2. The van der Waals surface area contributed by atoms with Gasteiger partial charge in [-0.2, -0.15) is 0 Å². The summed E-state index contributed by atoms with van der Waals surface area (Å²) in [5.74, 6) is -0.758. The smallest absolute Gasteiger partial charge is 0.341 e. The zero-order valence-corrected chi connectivity index (χ0v) is 19.3. The van der Waals surface area contributed by atoms with Crippen LogP contribution in [0.3, 0.4) is 0 Å². The van der Waals surface area contributed by atoms with E-state index in [9.17, 15) is 14.4 Å². The number of hydrogen-bond donors (Lipinski definition) is 0. The molecule has 33 heavy (non-hydrogen) atoms. The first-order valence-electron chi connectivity index (χ1n) is 10.9. The lowest BCUT2D eigenvalue weighted by atomic mass is 9.87. The first-order valence-corrected chi connectivity index (χ1v) is 10.9. The molecule has 4 heterocycles. The van der Waals surface area contributed by atoms with Gasteiger partial charge in [-0.15, -0.1) is 0 Å². The minimum atomic E-state index is -1.08. The van der Waals surface area contributed by atoms with Crippen molar-refractivity contribution in [3.05, 3.63) is 40.2 Å². The lowest BCUT2D eigenvalue weighted by Crippen LogP contribution is -2.53. The van der Waals surface area contributed by atoms with Crippen molar-refractivity contribution < 1.29 is 37.7 Å². The molecule has 2 aromatic rings. The summed E-state index contributed by atoms with van der Waals surface area (Å²) in [5, 5.41) is 0.608. The molecular formula is C24H26O9. The van der Waals surface area contributed by atoms with E-state index in [0.29, 0.717) is 22.3 Å². The van der Waals surface area contributed by atoms with E-state index in [2.05, 4.69) is 0 Å². The van der Waals surface area contributed by atoms with Crippen molar-refractivity contribution in [2.24, 2.45) is 0 Å². The molecule has 6 atom stereocenters. The Hall–Kier alpha value is -2.91. The van der Waals surface area contributed by atoms with E-state index in [0.717, 1.165) is 0 Å². The maximum atomic E-state index is 13.0. The maximum Gasteiger partial charge on any atom is 0.341 e. The molecule has 5 rings (SSSR count). The molecule has 0 bridgehead atoms. The molecule has 0 amide bonds. The second-order valence-corrected chi connectivity index (χ2v) is 9.77. The van der Waals surface area contributed by atoms with Crippen molar-refractivity contribution >= 4 is 22.9 Å². The number of benzene rings is 1. The largest absolute Gasteiger partial charge is 0.483 e. The lowest BCUT2D eigenvalue weighted by molar-refractivity contribution is -0.196. The van der Waals surface area contributed by atoms with Gasteiger partial charge in [-0.3, -0.25) is 0 Å². The molecule has 176 valence electrons. The standard InChI is InChI=1S/C24H26O9/c1-11-23(5,31-11)20(26)29-18-14-9-13-7-8-17(25)28-15(13)10-16(14)33-22(3,4)19(18)30-21(27)24(6)12(2)32-24/h7-12,18-19H,1-6H3/t11-,12+,18-,19-,23+,24+/m1/s1. The van der Waals surface area contributed by atoms with Crippen molar-refractivity contribution in [1.82, 2.24) is 0 Å². The first-order chi connectivity index (χ1) is 15.3. The van der Waals surface area contributed by atoms with Gasteiger partial charge in [-0.05, 0) is 53.7 Å². The Morgan fingerprint density at radius 3 is 2.06 bits per heavy atom. The van der Waals surface area contributed by atoms with E-state index in [1.807, 2.05) is 0 Å². The van der Waals surface area contributed by atoms with Crippen LogP contribution in [-0.4, -0.2) is 47.1 Å². The molecule has 0 radical (unpaired) electrons. The van der Waals surface area contributed by atoms with Crippen molar-refractivity contribution in [3.8, 4) is 5.75 Å². The van der Waals surface area contributed by atoms with E-state index in [1.54, 1.807) is 59.7 Å². The van der Waals surface area contributed by atoms with Crippen molar-refractivity contribution in [2.45, 2.75) is 82.8 Å². The van der Waals surface area contributed by atoms with E-state index in [4.69, 9.17) is 28.1 Å². The average Bonchev–Trinajstić information content (AvgIpc) is 3.57. The van der Waals surface area contributed by atoms with E-state index < -0.39 is 46.6 Å². The Morgan fingerprint density at radius 1 is 0.909 bits per heavy atom. The molecule has 2 saturated heterocycles. The second-order valence-electron chi connectivity index (χ2n) is 9.77. The van der Waals surface area contributed by atoms with Gasteiger partial charge < -0.3 is 28.1 Å². The van der Waals surface area contributed by atoms with Gasteiger partial charge in [0.15, 0.2) is 23.4 Å². The molecule has 9 nitrogen and oxygen atoms in total. The second kappa shape index (κ2) is 6.80. The van der Waals surface area contributed by atoms with Gasteiger partial charge in [0.25, 0.3) is 0 Å². The van der Waals surface area contributed by atoms with Crippen LogP contribution in [0, 0.1) is 0 Å². The number of esters is 2. The van der Waals surface area contributed by atoms with Gasteiger partial charge in [0, 0.05) is 23.1 Å². The molecule has 0 aliphatic carbocycles. The zero-order chi connectivity index (χ0) is 23.9. The van der Waals surface area contributed by atoms with Crippen molar-refractivity contribution in [1.29, 1.82) is 0 Å². The van der Waals surface area contributed by atoms with E-state index in [1.165, 1.54) is 6.07 Å². The lowest BCUT2D eigenvalue weighted by Gasteiger charge is -2.43. The predicted octanol–water partition coefficient (Wildman–Crippen LogP) is 2.81. The molecule has 2 fully saturated rings. The van der Waals surface area contributed by atoms with Gasteiger partial charge in [-0.1, -0.05) is 0 Å². The highest BCUT2D eigenvalue weighted by molar-refractivity contribution is 5.85. The van der Waals surface area contributed by atoms with Crippen LogP contribution in [-0.2, 0) is 28.5 Å². The van der Waals surface area contributed by atoms with Gasteiger partial charge >= 0.3 is 17.6 Å². The highest BCUT2D eigenvalue weighted by Crippen LogP contribution is 2.48. The van der Waals surface area contributed by atoms with E-state index >= 15 is 0 Å². The van der Waals surface area contributed by atoms with Crippen LogP contribution in [0.2, 0.25) is 0 Å². The summed E-state index contributed by atoms with van der Waals surface area (Å²) in [6.45, 7) is 10.3. The van der Waals surface area contributed by atoms with Gasteiger partial charge in [0.2, 0.25) is 0 Å². The molecule has 0 saturated carbocycles. The highest BCUT2D eigenvalue weighted by atomic mass is 16.7. The Morgan fingerprint density at radius 2 is 1.48 bits per heavy atom. The molecule has 0 unspecified atom stereocenters. The summed E-state index contributed by atoms with van der Waals surface area (Å²) in [4.78, 5) is 37.6. The molecule has 0 spiro atoms. The normalized spacial score (nSPS) is 35.8. The number of hydrogen-bond acceptors (Lipinski definition) is 9. The fourth-order valence-electron chi connectivity index (χ4n) is 4.18. The minimum absolute atomic E-state index is 0.280. The minimum Gasteiger partial charge on any atom is -0.483 e. The van der Waals surface area contributed by atoms with Crippen molar-refractivity contribution in [2.75, 3.05) is 0 Å². The summed E-state index contributed by atoms with van der Waals surface area (Å²) in [6, 6.07) is 6.20. The quantitative estimate of drug-likeness (QED) is 0.387. The van der Waals surface area contributed by atoms with Crippen molar-refractivity contribution in [3.63, 3.8) is 0 Å². The Bertz CT molecular complexity index is 1230. The monoisotopic (exact) mass is 458 g/mol. The SMILES string of the molecule is C[C@@H]1O[C@]1(C)C(=O)O[C@@H]1[C@H](OC(=O)[C@@]2(C)O[C@@H]2C)c2cc3ccc(=O)oc3cc2OC1(C)C. The Balaban J connectivity index is 1.58. The van der Waals surface area contributed by atoms with Crippen LogP contribution in [0.25, 0.3) is 11.0 Å². The number of ether oxygens (including phenoxy) is 5. The molecule has 1 aromatic carbocycles. The van der Waals surface area contributed by atoms with Crippen LogP contribution in [0.4, 0.5) is 0 Å². The summed E-state index contributed by atoms with van der Waals surface area (Å²) in [7, 11) is 0. The number of rotatable bonds is 4. The van der Waals surface area contributed by atoms with Gasteiger partial charge in [0.1, 0.15) is 16.9 Å². The van der Waals surface area contributed by atoms with Crippen LogP contribution in [0.1, 0.15) is 53.2 Å². The molecule has 0 N–H and O–H groups in total. The number of fused-ring (bicyclic) bond motifs is 2. The van der Waals surface area contributed by atoms with Crippen LogP contribution < -0.4 is 10.4 Å². The third kappa shape index (κ3) is 3.41. The summed E-state index contributed by atoms with van der Waals surface area (Å²) in [5.41, 5.74) is -2.88. The molecule has 3 aliphatic rings. The zero-order valence-electron chi connectivity index (χ0n) is 19.3. The first kappa shape index (κ1) is 21.9. The Labute approximate surface area is 189 Å². The number of carbonyl (C=O) groups is 2. The predicted molar refractivity (Wildman–Crippen MR) is 114 cm³/mol. The summed E-state index contributed by atoms with van der Waals surface area (Å²) >= 11 is 0. The molecule has 9 heteroatoms. The highest BCUT2D eigenvalue weighted by Gasteiger charge is 2.61. The molecular weight excluding hydrogens is 432 g/mol. The maximum absolute atomic E-state index is 13.0. The fourth-order valence-corrected chi connectivity index (χ4v) is 4.18. The molecule has 3 aliphatic heterocycles. The Kier molecular flexibility index (Phi) is 4.52. The summed E-state index contributed by atoms with van der Waals surface area (Å²) < 4.78 is 34.1.